The molecule has 0 saturated carbocycles. The van der Waals surface area contributed by atoms with E-state index in [0.29, 0.717) is 0 Å². The molecule has 2 aliphatic carbocycles. The number of nitrogen functional groups attached to an aromatic ring is 1. The molecule has 2 heterocycles. The van der Waals surface area contributed by atoms with Crippen LogP contribution in [0.5, 0.6) is 0 Å². The molecule has 2 unspecified atom stereocenters. The summed E-state index contributed by atoms with van der Waals surface area (Å²) in [6.45, 7) is 2.35. The molecule has 3 N–H and O–H groups in total. The summed E-state index contributed by atoms with van der Waals surface area (Å²) in [4.78, 5) is 0. The Bertz CT molecular complexity index is 3120. The lowest BCUT2D eigenvalue weighted by Gasteiger charge is -2.40. The Kier molecular flexibility index (Phi) is 7.96. The second-order valence-corrected chi connectivity index (χ2v) is 16.5. The van der Waals surface area contributed by atoms with E-state index in [2.05, 4.69) is 206 Å². The molecule has 282 valence electrons. The maximum absolute atomic E-state index is 8.73. The number of hydrogen-bond donors (Lipinski definition) is 2. The molecular formula is C56H43N3. The third-order valence-corrected chi connectivity index (χ3v) is 13.1. The van der Waals surface area contributed by atoms with Crippen molar-refractivity contribution in [2.24, 2.45) is 5.73 Å². The summed E-state index contributed by atoms with van der Waals surface area (Å²) in [5.74, 6) is 0.0966. The third-order valence-electron chi connectivity index (χ3n) is 13.1. The molecule has 0 radical (unpaired) electrons. The first-order chi connectivity index (χ1) is 29.0. The molecule has 2 atom stereocenters. The highest BCUT2D eigenvalue weighted by Crippen LogP contribution is 2.62. The van der Waals surface area contributed by atoms with Gasteiger partial charge in [0.05, 0.1) is 22.1 Å². The summed E-state index contributed by atoms with van der Waals surface area (Å²) < 4.78 is 2.47. The van der Waals surface area contributed by atoms with Gasteiger partial charge >= 0.3 is 0 Å². The number of para-hydroxylation sites is 3. The summed E-state index contributed by atoms with van der Waals surface area (Å²) in [7, 11) is 0. The van der Waals surface area contributed by atoms with Crippen molar-refractivity contribution in [3.63, 3.8) is 0 Å². The highest BCUT2D eigenvalue weighted by atomic mass is 15.0. The predicted octanol–water partition coefficient (Wildman–Crippen LogP) is 12.5. The molecule has 0 fully saturated rings. The van der Waals surface area contributed by atoms with Crippen LogP contribution in [0.25, 0.3) is 44.7 Å². The molecule has 0 bridgehead atoms. The van der Waals surface area contributed by atoms with Gasteiger partial charge in [0, 0.05) is 21.8 Å². The number of nitrogens with zero attached hydrogens (tertiary/aromatic N) is 1. The fraction of sp³-hybridized carbons (Fsp3) is 0.0893. The Morgan fingerprint density at radius 3 is 2.05 bits per heavy atom. The molecule has 1 aliphatic heterocycles. The molecule has 8 aromatic carbocycles. The minimum absolute atomic E-state index is 0.0966. The number of amidine groups is 1. The van der Waals surface area contributed by atoms with Gasteiger partial charge in [-0.2, -0.15) is 0 Å². The van der Waals surface area contributed by atoms with E-state index in [9.17, 15) is 0 Å². The predicted molar refractivity (Wildman–Crippen MR) is 245 cm³/mol. The summed E-state index contributed by atoms with van der Waals surface area (Å²) in [5, 5.41) is 11.2. The number of benzene rings is 8. The van der Waals surface area contributed by atoms with Crippen molar-refractivity contribution in [1.82, 2.24) is 4.57 Å². The highest BCUT2D eigenvalue weighted by Gasteiger charge is 2.51. The Balaban J connectivity index is 0.000000261. The lowest BCUT2D eigenvalue weighted by molar-refractivity contribution is 0.587. The summed E-state index contributed by atoms with van der Waals surface area (Å²) in [5.41, 5.74) is 24.0. The molecule has 9 aromatic rings. The number of rotatable bonds is 4. The van der Waals surface area contributed by atoms with E-state index in [1.165, 1.54) is 83.1 Å². The monoisotopic (exact) mass is 757 g/mol. The highest BCUT2D eigenvalue weighted by molar-refractivity contribution is 6.13. The average Bonchev–Trinajstić information content (AvgIpc) is 3.78. The molecule has 0 amide bonds. The van der Waals surface area contributed by atoms with Gasteiger partial charge in [0.25, 0.3) is 0 Å². The lowest BCUT2D eigenvalue weighted by atomic mass is 9.65. The van der Waals surface area contributed by atoms with Crippen molar-refractivity contribution < 1.29 is 0 Å². The Hall–Kier alpha value is -7.23. The summed E-state index contributed by atoms with van der Waals surface area (Å²) in [6.07, 6.45) is 6.61. The van der Waals surface area contributed by atoms with Crippen LogP contribution in [0, 0.1) is 5.41 Å². The van der Waals surface area contributed by atoms with E-state index in [1.54, 1.807) is 0 Å². The van der Waals surface area contributed by atoms with Crippen LogP contribution in [0.3, 0.4) is 0 Å². The Morgan fingerprint density at radius 1 is 0.610 bits per heavy atom. The third kappa shape index (κ3) is 5.24. The van der Waals surface area contributed by atoms with Gasteiger partial charge in [-0.15, -0.1) is 0 Å². The second kappa shape index (κ2) is 13.4. The van der Waals surface area contributed by atoms with Crippen LogP contribution in [0.4, 0.5) is 0 Å². The fourth-order valence-corrected chi connectivity index (χ4v) is 10.5. The molecule has 3 aliphatic rings. The SMILES string of the molecule is CC1(c2ccc3c(c2)-c2c(C(=N)N)cccc2C32c3ccccc3-n3c4ccccc4c4cccc2c43)C=Cc2ccccc2C1.c1ccc(Cc2ccccc2)cc1. The zero-order valence-electron chi connectivity index (χ0n) is 33.0. The maximum Gasteiger partial charge on any atom is 0.123 e. The van der Waals surface area contributed by atoms with Gasteiger partial charge < -0.3 is 10.3 Å². The maximum atomic E-state index is 8.73. The number of aromatic nitrogens is 1. The quantitative estimate of drug-likeness (QED) is 0.136. The van der Waals surface area contributed by atoms with Gasteiger partial charge in [-0.25, -0.2) is 0 Å². The summed E-state index contributed by atoms with van der Waals surface area (Å²) >= 11 is 0. The number of fused-ring (bicyclic) bond motifs is 13. The molecule has 0 saturated heterocycles. The van der Waals surface area contributed by atoms with Gasteiger partial charge in [-0.3, -0.25) is 5.41 Å². The van der Waals surface area contributed by atoms with E-state index in [4.69, 9.17) is 11.1 Å². The molecule has 59 heavy (non-hydrogen) atoms. The van der Waals surface area contributed by atoms with Gasteiger partial charge in [0.15, 0.2) is 0 Å². The number of nitrogens with two attached hydrogens (primary N) is 1. The van der Waals surface area contributed by atoms with Crippen LogP contribution in [0.2, 0.25) is 0 Å². The first-order valence-electron chi connectivity index (χ1n) is 20.6. The van der Waals surface area contributed by atoms with Crippen molar-refractivity contribution in [3.05, 3.63) is 250 Å². The Morgan fingerprint density at radius 2 is 1.25 bits per heavy atom. The van der Waals surface area contributed by atoms with Crippen molar-refractivity contribution in [2.45, 2.75) is 30.6 Å². The van der Waals surface area contributed by atoms with E-state index in [1.807, 2.05) is 6.07 Å². The lowest BCUT2D eigenvalue weighted by Crippen LogP contribution is -2.33. The van der Waals surface area contributed by atoms with Gasteiger partial charge in [0.1, 0.15) is 5.84 Å². The van der Waals surface area contributed by atoms with E-state index in [-0.39, 0.29) is 11.3 Å². The van der Waals surface area contributed by atoms with Crippen molar-refractivity contribution >= 4 is 33.7 Å². The normalized spacial score (nSPS) is 17.8. The summed E-state index contributed by atoms with van der Waals surface area (Å²) in [6, 6.07) is 67.7. The van der Waals surface area contributed by atoms with Crippen molar-refractivity contribution in [2.75, 3.05) is 0 Å². The van der Waals surface area contributed by atoms with Crippen LogP contribution in [-0.4, -0.2) is 10.4 Å². The second-order valence-electron chi connectivity index (χ2n) is 16.5. The zero-order valence-corrected chi connectivity index (χ0v) is 33.0. The number of nitrogens with one attached hydrogen (secondary N) is 1. The topological polar surface area (TPSA) is 54.8 Å². The average molecular weight is 758 g/mol. The standard InChI is InChI=1S/C43H31N3.C13H12/c1-42(23-22-26-10-2-3-11-27(26)25-42)28-20-21-33-32(24-28)39-31(41(44)45)14-9-16-35(39)43(33)34-15-5-7-19-38(34)46-37-18-6-4-12-29(37)30-13-8-17-36(43)40(30)46;1-3-7-12(8-4-1)11-13-9-5-2-6-10-13/h2-24H,25H2,1H3,(H3,44,45);1-10H,11H2. The molecule has 3 nitrogen and oxygen atoms in total. The van der Waals surface area contributed by atoms with Crippen LogP contribution in [0.15, 0.2) is 194 Å². The minimum atomic E-state index is -0.564. The number of hydrogen-bond acceptors (Lipinski definition) is 1. The first kappa shape index (κ1) is 35.0. The minimum Gasteiger partial charge on any atom is -0.384 e. The molecule has 12 rings (SSSR count). The smallest absolute Gasteiger partial charge is 0.123 e. The largest absolute Gasteiger partial charge is 0.384 e. The molecule has 1 aromatic heterocycles. The number of allylic oxidation sites excluding steroid dienone is 1. The van der Waals surface area contributed by atoms with E-state index < -0.39 is 5.41 Å². The van der Waals surface area contributed by atoms with Gasteiger partial charge in [-0.05, 0) is 92.2 Å². The van der Waals surface area contributed by atoms with Crippen LogP contribution >= 0.6 is 0 Å². The molecule has 1 spiro atoms. The first-order valence-corrected chi connectivity index (χ1v) is 20.6. The van der Waals surface area contributed by atoms with Crippen molar-refractivity contribution in [3.8, 4) is 16.8 Å². The van der Waals surface area contributed by atoms with Gasteiger partial charge in [-0.1, -0.05) is 189 Å². The van der Waals surface area contributed by atoms with Crippen LogP contribution < -0.4 is 5.73 Å². The fourth-order valence-electron chi connectivity index (χ4n) is 10.5. The van der Waals surface area contributed by atoms with Crippen molar-refractivity contribution in [1.29, 1.82) is 5.41 Å². The van der Waals surface area contributed by atoms with Gasteiger partial charge in [0.2, 0.25) is 0 Å². The van der Waals surface area contributed by atoms with E-state index >= 15 is 0 Å². The van der Waals surface area contributed by atoms with E-state index in [0.717, 1.165) is 24.0 Å². The molecular weight excluding hydrogens is 715 g/mol. The van der Waals surface area contributed by atoms with Crippen LogP contribution in [-0.2, 0) is 23.7 Å². The molecule has 3 heteroatoms. The zero-order chi connectivity index (χ0) is 39.7. The van der Waals surface area contributed by atoms with Crippen LogP contribution in [0.1, 0.15) is 62.6 Å². The Labute approximate surface area is 345 Å².